The Hall–Kier alpha value is -1.91. The first kappa shape index (κ1) is 66.4. The van der Waals surface area contributed by atoms with Crippen LogP contribution in [0.25, 0.3) is 0 Å². The summed E-state index contributed by atoms with van der Waals surface area (Å²) in [5.41, 5.74) is 5.81. The summed E-state index contributed by atoms with van der Waals surface area (Å²) in [6, 6.07) is 0. The van der Waals surface area contributed by atoms with Crippen LogP contribution in [0.15, 0.2) is 0 Å². The fourth-order valence-corrected chi connectivity index (χ4v) is 13.4. The Balaban J connectivity index is 0.000000393. The molecule has 0 saturated heterocycles. The van der Waals surface area contributed by atoms with E-state index < -0.39 is 23.5 Å². The molecule has 7 atom stereocenters. The highest BCUT2D eigenvalue weighted by Crippen LogP contribution is 2.59. The third-order valence-electron chi connectivity index (χ3n) is 16.3. The van der Waals surface area contributed by atoms with Gasteiger partial charge in [-0.3, -0.25) is 14.7 Å². The molecule has 2 aliphatic heterocycles. The van der Waals surface area contributed by atoms with E-state index in [4.69, 9.17) is 28.3 Å². The fourth-order valence-electron chi connectivity index (χ4n) is 11.2. The predicted octanol–water partition coefficient (Wildman–Crippen LogP) is 17.3. The second kappa shape index (κ2) is 29.3. The predicted molar refractivity (Wildman–Crippen MR) is 302 cm³/mol. The summed E-state index contributed by atoms with van der Waals surface area (Å²) in [5.74, 6) is 6.77. The van der Waals surface area contributed by atoms with Crippen LogP contribution in [0.1, 0.15) is 242 Å². The Kier molecular flexibility index (Phi) is 26.3. The first-order chi connectivity index (χ1) is 34.2. The number of phosphoric acid groups is 3. The molecule has 74 heavy (non-hydrogen) atoms. The maximum atomic E-state index is 12.2. The van der Waals surface area contributed by atoms with Gasteiger partial charge in [0.05, 0.1) is 0 Å². The molecule has 0 aromatic heterocycles. The number of ether oxygens (including phenoxy) is 2. The van der Waals surface area contributed by atoms with Crippen molar-refractivity contribution in [3.63, 3.8) is 0 Å². The summed E-state index contributed by atoms with van der Waals surface area (Å²) in [6.45, 7) is 34.2. The minimum Gasteiger partial charge on any atom is -0.487 e. The first-order valence-electron chi connectivity index (χ1n) is 28.3. The third kappa shape index (κ3) is 22.4. The van der Waals surface area contributed by atoms with Crippen LogP contribution in [-0.4, -0.2) is 35.7 Å². The van der Waals surface area contributed by atoms with E-state index in [0.717, 1.165) is 119 Å². The highest BCUT2D eigenvalue weighted by atomic mass is 31.3. The van der Waals surface area contributed by atoms with Crippen LogP contribution in [0.2, 0.25) is 0 Å². The summed E-state index contributed by atoms with van der Waals surface area (Å²) in [6.07, 6.45) is 25.9. The number of fused-ring (bicyclic) bond motifs is 2. The van der Waals surface area contributed by atoms with Crippen molar-refractivity contribution in [2.75, 3.05) is 0 Å². The Morgan fingerprint density at radius 1 is 0.446 bits per heavy atom. The van der Waals surface area contributed by atoms with Crippen molar-refractivity contribution in [1.29, 1.82) is 0 Å². The normalized spacial score (nSPS) is 20.3. The van der Waals surface area contributed by atoms with E-state index in [0.29, 0.717) is 29.2 Å². The zero-order chi connectivity index (χ0) is 56.0. The van der Waals surface area contributed by atoms with Gasteiger partial charge in [-0.25, -0.2) is 13.7 Å². The Labute approximate surface area is 448 Å². The van der Waals surface area contributed by atoms with Gasteiger partial charge in [-0.05, 0) is 176 Å². The van der Waals surface area contributed by atoms with Crippen molar-refractivity contribution in [1.82, 2.24) is 0 Å². The standard InChI is InChI=1S/C29H52O8P2.C29H51O5P/c1-20(2)12-9-13-21(3)14-10-15-22(4)16-11-18-29(8)19-17-26-25(7)27(23(5)24(6)28(26)35-29)36-39(33,34)37-38(30,31)32;1-20(2)12-9-13-21(3)14-10-15-22(4)16-11-18-29(8)19-17-26-25(7)27(34-35(30,31)32)23(5)24(6)28(26)33-29/h20-22H,9-19H2,1-8H3,(H,33,34)(H2,30,31,32);20-22H,9-19H2,1-8H3,(H2,30,31,32)/t2*21-,22-,29-/m11/s1. The van der Waals surface area contributed by atoms with E-state index in [1.165, 1.54) is 89.9 Å². The third-order valence-corrected chi connectivity index (χ3v) is 18.8. The minimum atomic E-state index is -5.21. The average Bonchev–Trinajstić information content (AvgIpc) is 3.26. The van der Waals surface area contributed by atoms with E-state index in [1.807, 2.05) is 27.7 Å². The number of benzene rings is 2. The molecule has 1 unspecified atom stereocenters. The van der Waals surface area contributed by atoms with Crippen molar-refractivity contribution in [2.45, 2.75) is 263 Å². The number of hydrogen-bond acceptors (Lipinski definition) is 8. The molecule has 0 aliphatic carbocycles. The second-order valence-electron chi connectivity index (χ2n) is 24.6. The molecule has 0 fully saturated rings. The van der Waals surface area contributed by atoms with Gasteiger partial charge in [0.1, 0.15) is 34.2 Å². The fraction of sp³-hybridized carbons (Fsp3) is 0.793. The van der Waals surface area contributed by atoms with Crippen molar-refractivity contribution in [2.24, 2.45) is 35.5 Å². The van der Waals surface area contributed by atoms with Crippen LogP contribution >= 0.6 is 23.5 Å². The Bertz CT molecular complexity index is 2230. The molecule has 2 aromatic carbocycles. The summed E-state index contributed by atoms with van der Waals surface area (Å²) >= 11 is 0. The summed E-state index contributed by atoms with van der Waals surface area (Å²) in [7, 11) is -14.8. The lowest BCUT2D eigenvalue weighted by molar-refractivity contribution is 0.0509. The maximum absolute atomic E-state index is 12.2. The minimum absolute atomic E-state index is 0.0980. The van der Waals surface area contributed by atoms with Crippen molar-refractivity contribution < 1.29 is 61.0 Å². The molecule has 2 aromatic rings. The van der Waals surface area contributed by atoms with E-state index in [-0.39, 0.29) is 17.0 Å². The van der Waals surface area contributed by atoms with Crippen LogP contribution in [0.4, 0.5) is 0 Å². The molecule has 16 heteroatoms. The second-order valence-corrected chi connectivity index (χ2v) is 28.5. The van der Waals surface area contributed by atoms with Gasteiger partial charge in [0, 0.05) is 11.1 Å². The number of phosphoric ester groups is 2. The average molecular weight is 1100 g/mol. The molecular weight excluding hydrogens is 998 g/mol. The van der Waals surface area contributed by atoms with E-state index >= 15 is 0 Å². The van der Waals surface area contributed by atoms with Crippen molar-refractivity contribution >= 4 is 23.5 Å². The molecule has 0 saturated carbocycles. The first-order valence-corrected chi connectivity index (χ1v) is 32.9. The number of hydrogen-bond donors (Lipinski definition) is 5. The lowest BCUT2D eigenvalue weighted by Gasteiger charge is -2.38. The van der Waals surface area contributed by atoms with Gasteiger partial charge in [0.15, 0.2) is 0 Å². The van der Waals surface area contributed by atoms with E-state index in [2.05, 4.69) is 73.5 Å². The molecule has 5 N–H and O–H groups in total. The monoisotopic (exact) mass is 1100 g/mol. The Morgan fingerprint density at radius 2 is 0.757 bits per heavy atom. The molecule has 13 nitrogen and oxygen atoms in total. The lowest BCUT2D eigenvalue weighted by atomic mass is 9.84. The maximum Gasteiger partial charge on any atom is 0.536 e. The van der Waals surface area contributed by atoms with E-state index in [1.54, 1.807) is 13.8 Å². The molecule has 0 amide bonds. The highest BCUT2D eigenvalue weighted by molar-refractivity contribution is 7.60. The molecule has 0 bridgehead atoms. The molecule has 0 spiro atoms. The lowest BCUT2D eigenvalue weighted by Crippen LogP contribution is -2.37. The van der Waals surface area contributed by atoms with Crippen molar-refractivity contribution in [3.8, 4) is 23.0 Å². The topological polar surface area (TPSA) is 199 Å². The number of rotatable bonds is 30. The molecule has 428 valence electrons. The molecule has 4 rings (SSSR count). The van der Waals surface area contributed by atoms with Crippen molar-refractivity contribution in [3.05, 3.63) is 44.5 Å². The smallest absolute Gasteiger partial charge is 0.487 e. The van der Waals surface area contributed by atoms with Crippen LogP contribution < -0.4 is 18.5 Å². The van der Waals surface area contributed by atoms with E-state index in [9.17, 15) is 28.4 Å². The molecule has 2 aliphatic rings. The Morgan fingerprint density at radius 3 is 1.07 bits per heavy atom. The molecule has 0 radical (unpaired) electrons. The van der Waals surface area contributed by atoms with Crippen LogP contribution in [0, 0.1) is 77.0 Å². The van der Waals surface area contributed by atoms with Crippen LogP contribution in [0.5, 0.6) is 23.0 Å². The SMILES string of the molecule is Cc1c(C)c2c(c(C)c1OP(=O)(O)O)CC[C@@](C)(CCC[C@H](C)CCC[C@H](C)CCCC(C)C)O2.Cc1c(C)c2c(c(C)c1OP(=O)(O)OP(=O)(O)O)CC[C@@](C)(CCC[C@H](C)CCC[C@H](C)CCCC(C)C)O2. The zero-order valence-electron chi connectivity index (χ0n) is 48.9. The summed E-state index contributed by atoms with van der Waals surface area (Å²) in [4.78, 5) is 46.4. The zero-order valence-corrected chi connectivity index (χ0v) is 51.5. The van der Waals surface area contributed by atoms with Gasteiger partial charge in [0.25, 0.3) is 0 Å². The molecule has 2 heterocycles. The quantitative estimate of drug-likeness (QED) is 0.0464. The van der Waals surface area contributed by atoms with Gasteiger partial charge in [-0.15, -0.1) is 0 Å². The van der Waals surface area contributed by atoms with Gasteiger partial charge in [-0.1, -0.05) is 145 Å². The van der Waals surface area contributed by atoms with Gasteiger partial charge in [0.2, 0.25) is 0 Å². The molecular formula is C58H103O13P3. The summed E-state index contributed by atoms with van der Waals surface area (Å²) < 4.78 is 62.1. The largest absolute Gasteiger partial charge is 0.536 e. The van der Waals surface area contributed by atoms with Crippen LogP contribution in [0.3, 0.4) is 0 Å². The summed E-state index contributed by atoms with van der Waals surface area (Å²) in [5, 5.41) is 0. The van der Waals surface area contributed by atoms with Crippen LogP contribution in [-0.2, 0) is 30.8 Å². The van der Waals surface area contributed by atoms with Gasteiger partial charge >= 0.3 is 23.5 Å². The van der Waals surface area contributed by atoms with Gasteiger partial charge < -0.3 is 28.3 Å². The highest BCUT2D eigenvalue weighted by Gasteiger charge is 2.39. The van der Waals surface area contributed by atoms with Gasteiger partial charge in [-0.2, -0.15) is 4.31 Å².